The SMILES string of the molecule is CCNC(=NCC1CCCCC1C)NCCCOC1CCOC1. The molecule has 2 rings (SSSR count). The fourth-order valence-electron chi connectivity index (χ4n) is 3.39. The molecule has 1 saturated carbocycles. The molecule has 1 aliphatic carbocycles. The van der Waals surface area contributed by atoms with Gasteiger partial charge in [-0.05, 0) is 38.0 Å². The highest BCUT2D eigenvalue weighted by atomic mass is 16.5. The van der Waals surface area contributed by atoms with E-state index >= 15 is 0 Å². The Labute approximate surface area is 141 Å². The van der Waals surface area contributed by atoms with E-state index in [-0.39, 0.29) is 0 Å². The molecule has 2 fully saturated rings. The molecule has 0 aromatic rings. The molecular formula is C18H35N3O2. The summed E-state index contributed by atoms with van der Waals surface area (Å²) in [6.45, 7) is 9.65. The van der Waals surface area contributed by atoms with E-state index in [9.17, 15) is 0 Å². The Kier molecular flexibility index (Phi) is 8.76. The van der Waals surface area contributed by atoms with E-state index < -0.39 is 0 Å². The maximum absolute atomic E-state index is 5.79. The van der Waals surface area contributed by atoms with Gasteiger partial charge in [-0.2, -0.15) is 0 Å². The van der Waals surface area contributed by atoms with E-state index in [2.05, 4.69) is 24.5 Å². The highest BCUT2D eigenvalue weighted by molar-refractivity contribution is 5.79. The van der Waals surface area contributed by atoms with Crippen molar-refractivity contribution in [2.24, 2.45) is 16.8 Å². The molecule has 0 radical (unpaired) electrons. The van der Waals surface area contributed by atoms with E-state index in [0.29, 0.717) is 6.10 Å². The lowest BCUT2D eigenvalue weighted by molar-refractivity contribution is 0.0420. The second kappa shape index (κ2) is 10.9. The van der Waals surface area contributed by atoms with Gasteiger partial charge in [0.25, 0.3) is 0 Å². The fraction of sp³-hybridized carbons (Fsp3) is 0.944. The summed E-state index contributed by atoms with van der Waals surface area (Å²) in [6.07, 6.45) is 7.82. The predicted molar refractivity (Wildman–Crippen MR) is 94.9 cm³/mol. The molecule has 0 aromatic heterocycles. The van der Waals surface area contributed by atoms with Crippen LogP contribution in [0.3, 0.4) is 0 Å². The normalized spacial score (nSPS) is 28.8. The number of rotatable bonds is 8. The van der Waals surface area contributed by atoms with Crippen LogP contribution in [0, 0.1) is 11.8 Å². The molecule has 3 unspecified atom stereocenters. The number of nitrogens with one attached hydrogen (secondary N) is 2. The third-order valence-electron chi connectivity index (χ3n) is 4.97. The largest absolute Gasteiger partial charge is 0.379 e. The number of guanidine groups is 1. The van der Waals surface area contributed by atoms with Gasteiger partial charge in [0.05, 0.1) is 12.7 Å². The Hall–Kier alpha value is -0.810. The first-order chi connectivity index (χ1) is 11.3. The molecule has 1 aliphatic heterocycles. The molecule has 5 nitrogen and oxygen atoms in total. The van der Waals surface area contributed by atoms with Crippen molar-refractivity contribution >= 4 is 5.96 Å². The van der Waals surface area contributed by atoms with Gasteiger partial charge in [0, 0.05) is 32.8 Å². The van der Waals surface area contributed by atoms with Crippen LogP contribution in [0.4, 0.5) is 0 Å². The van der Waals surface area contributed by atoms with Gasteiger partial charge in [-0.15, -0.1) is 0 Å². The van der Waals surface area contributed by atoms with Crippen LogP contribution in [-0.4, -0.2) is 51.5 Å². The monoisotopic (exact) mass is 325 g/mol. The maximum Gasteiger partial charge on any atom is 0.191 e. The first kappa shape index (κ1) is 18.5. The lowest BCUT2D eigenvalue weighted by atomic mass is 9.80. The molecule has 0 spiro atoms. The van der Waals surface area contributed by atoms with Crippen molar-refractivity contribution in [3.63, 3.8) is 0 Å². The summed E-state index contributed by atoms with van der Waals surface area (Å²) in [6, 6.07) is 0. The average Bonchev–Trinajstić information content (AvgIpc) is 3.07. The van der Waals surface area contributed by atoms with Crippen molar-refractivity contribution in [2.75, 3.05) is 39.5 Å². The third-order valence-corrected chi connectivity index (χ3v) is 4.97. The standard InChI is InChI=1S/C18H35N3O2/c1-3-19-18(21-13-16-8-5-4-7-15(16)2)20-10-6-11-23-17-9-12-22-14-17/h15-17H,3-14H2,1-2H3,(H2,19,20,21). The number of ether oxygens (including phenoxy) is 2. The van der Waals surface area contributed by atoms with Crippen molar-refractivity contribution in [3.8, 4) is 0 Å². The summed E-state index contributed by atoms with van der Waals surface area (Å²) in [5.74, 6) is 2.52. The zero-order chi connectivity index (χ0) is 16.3. The van der Waals surface area contributed by atoms with Gasteiger partial charge >= 0.3 is 0 Å². The maximum atomic E-state index is 5.79. The Bertz CT molecular complexity index is 343. The van der Waals surface area contributed by atoms with Gasteiger partial charge in [0.2, 0.25) is 0 Å². The second-order valence-corrected chi connectivity index (χ2v) is 6.88. The average molecular weight is 325 g/mol. The second-order valence-electron chi connectivity index (χ2n) is 6.88. The first-order valence-electron chi connectivity index (χ1n) is 9.51. The van der Waals surface area contributed by atoms with E-state index in [1.807, 2.05) is 0 Å². The first-order valence-corrected chi connectivity index (χ1v) is 9.51. The molecule has 3 atom stereocenters. The van der Waals surface area contributed by atoms with E-state index in [0.717, 1.165) is 70.1 Å². The van der Waals surface area contributed by atoms with Crippen LogP contribution < -0.4 is 10.6 Å². The van der Waals surface area contributed by atoms with Crippen LogP contribution in [0.1, 0.15) is 52.4 Å². The van der Waals surface area contributed by atoms with Crippen molar-refractivity contribution < 1.29 is 9.47 Å². The zero-order valence-corrected chi connectivity index (χ0v) is 15.0. The van der Waals surface area contributed by atoms with Crippen molar-refractivity contribution in [1.82, 2.24) is 10.6 Å². The summed E-state index contributed by atoms with van der Waals surface area (Å²) in [7, 11) is 0. The van der Waals surface area contributed by atoms with Gasteiger partial charge in [0.15, 0.2) is 5.96 Å². The summed E-state index contributed by atoms with van der Waals surface area (Å²) >= 11 is 0. The Morgan fingerprint density at radius 3 is 2.83 bits per heavy atom. The van der Waals surface area contributed by atoms with Gasteiger partial charge in [-0.3, -0.25) is 4.99 Å². The van der Waals surface area contributed by atoms with Crippen molar-refractivity contribution in [2.45, 2.75) is 58.5 Å². The molecule has 2 N–H and O–H groups in total. The van der Waals surface area contributed by atoms with Gasteiger partial charge in [-0.25, -0.2) is 0 Å². The number of nitrogens with zero attached hydrogens (tertiary/aromatic N) is 1. The van der Waals surface area contributed by atoms with Crippen LogP contribution >= 0.6 is 0 Å². The molecule has 0 bridgehead atoms. The minimum atomic E-state index is 0.310. The number of aliphatic imine (C=N–C) groups is 1. The summed E-state index contributed by atoms with van der Waals surface area (Å²) in [4.78, 5) is 4.80. The van der Waals surface area contributed by atoms with Crippen LogP contribution in [0.5, 0.6) is 0 Å². The Morgan fingerprint density at radius 1 is 1.22 bits per heavy atom. The van der Waals surface area contributed by atoms with E-state index in [1.54, 1.807) is 0 Å². The van der Waals surface area contributed by atoms with Crippen LogP contribution in [0.2, 0.25) is 0 Å². The lowest BCUT2D eigenvalue weighted by Crippen LogP contribution is -2.38. The zero-order valence-electron chi connectivity index (χ0n) is 15.0. The molecule has 0 amide bonds. The van der Waals surface area contributed by atoms with Gasteiger partial charge < -0.3 is 20.1 Å². The van der Waals surface area contributed by atoms with Gasteiger partial charge in [-0.1, -0.05) is 26.2 Å². The molecule has 5 heteroatoms. The van der Waals surface area contributed by atoms with Crippen LogP contribution in [-0.2, 0) is 9.47 Å². The van der Waals surface area contributed by atoms with E-state index in [1.165, 1.54) is 25.7 Å². The number of hydrogen-bond acceptors (Lipinski definition) is 3. The highest BCUT2D eigenvalue weighted by Crippen LogP contribution is 2.29. The van der Waals surface area contributed by atoms with Crippen LogP contribution in [0.25, 0.3) is 0 Å². The van der Waals surface area contributed by atoms with Crippen molar-refractivity contribution in [3.05, 3.63) is 0 Å². The third kappa shape index (κ3) is 7.08. The summed E-state index contributed by atoms with van der Waals surface area (Å²) < 4.78 is 11.1. The van der Waals surface area contributed by atoms with Gasteiger partial charge in [0.1, 0.15) is 0 Å². The highest BCUT2D eigenvalue weighted by Gasteiger charge is 2.20. The Balaban J connectivity index is 1.62. The molecule has 1 heterocycles. The molecule has 0 aromatic carbocycles. The Morgan fingerprint density at radius 2 is 2.09 bits per heavy atom. The molecule has 134 valence electrons. The minimum absolute atomic E-state index is 0.310. The van der Waals surface area contributed by atoms with Crippen LogP contribution in [0.15, 0.2) is 4.99 Å². The summed E-state index contributed by atoms with van der Waals surface area (Å²) in [5.41, 5.74) is 0. The molecular weight excluding hydrogens is 290 g/mol. The minimum Gasteiger partial charge on any atom is -0.379 e. The number of hydrogen-bond donors (Lipinski definition) is 2. The fourth-order valence-corrected chi connectivity index (χ4v) is 3.39. The lowest BCUT2D eigenvalue weighted by Gasteiger charge is -2.27. The summed E-state index contributed by atoms with van der Waals surface area (Å²) in [5, 5.41) is 6.78. The molecule has 23 heavy (non-hydrogen) atoms. The van der Waals surface area contributed by atoms with E-state index in [4.69, 9.17) is 14.5 Å². The quantitative estimate of drug-likeness (QED) is 0.409. The van der Waals surface area contributed by atoms with Crippen molar-refractivity contribution in [1.29, 1.82) is 0 Å². The molecule has 1 saturated heterocycles. The predicted octanol–water partition coefficient (Wildman–Crippen LogP) is 2.56. The molecule has 2 aliphatic rings. The smallest absolute Gasteiger partial charge is 0.191 e. The topological polar surface area (TPSA) is 54.9 Å².